The van der Waals surface area contributed by atoms with Gasteiger partial charge in [0.1, 0.15) is 12.4 Å². The molecule has 0 bridgehead atoms. The first kappa shape index (κ1) is 13.2. The molecule has 1 aliphatic rings. The molecule has 1 aliphatic heterocycles. The van der Waals surface area contributed by atoms with Crippen LogP contribution in [-0.4, -0.2) is 40.1 Å². The summed E-state index contributed by atoms with van der Waals surface area (Å²) in [6.07, 6.45) is 1.15. The molecule has 1 aromatic rings. The van der Waals surface area contributed by atoms with Crippen LogP contribution in [0.5, 0.6) is 5.75 Å². The maximum Gasteiger partial charge on any atom is 0.121 e. The molecule has 0 radical (unpaired) electrons. The summed E-state index contributed by atoms with van der Waals surface area (Å²) in [5.41, 5.74) is 1.09. The van der Waals surface area contributed by atoms with Gasteiger partial charge < -0.3 is 19.5 Å². The van der Waals surface area contributed by atoms with Crippen LogP contribution in [-0.2, 0) is 9.47 Å². The zero-order valence-corrected chi connectivity index (χ0v) is 10.9. The summed E-state index contributed by atoms with van der Waals surface area (Å²) in [5, 5.41) is 3.43. The SMILES string of the molecule is COCCOc1cccc(NCC2CCOC2)c1. The Morgan fingerprint density at radius 1 is 1.39 bits per heavy atom. The van der Waals surface area contributed by atoms with E-state index < -0.39 is 0 Å². The fourth-order valence-corrected chi connectivity index (χ4v) is 1.95. The first-order chi connectivity index (χ1) is 8.88. The third-order valence-corrected chi connectivity index (χ3v) is 3.01. The van der Waals surface area contributed by atoms with Gasteiger partial charge in [-0.3, -0.25) is 0 Å². The van der Waals surface area contributed by atoms with Gasteiger partial charge >= 0.3 is 0 Å². The molecule has 0 saturated carbocycles. The highest BCUT2D eigenvalue weighted by Crippen LogP contribution is 2.19. The largest absolute Gasteiger partial charge is 0.491 e. The zero-order valence-electron chi connectivity index (χ0n) is 10.9. The third kappa shape index (κ3) is 4.20. The van der Waals surface area contributed by atoms with Crippen LogP contribution in [0.3, 0.4) is 0 Å². The van der Waals surface area contributed by atoms with E-state index >= 15 is 0 Å². The molecule has 0 spiro atoms. The molecular formula is C14H21NO3. The Morgan fingerprint density at radius 3 is 3.11 bits per heavy atom. The molecule has 18 heavy (non-hydrogen) atoms. The molecule has 1 heterocycles. The molecule has 1 unspecified atom stereocenters. The van der Waals surface area contributed by atoms with Crippen molar-refractivity contribution in [3.63, 3.8) is 0 Å². The van der Waals surface area contributed by atoms with Crippen molar-refractivity contribution in [1.29, 1.82) is 0 Å². The first-order valence-corrected chi connectivity index (χ1v) is 6.42. The van der Waals surface area contributed by atoms with Crippen molar-refractivity contribution in [2.24, 2.45) is 5.92 Å². The molecule has 1 atom stereocenters. The molecule has 0 aliphatic carbocycles. The predicted molar refractivity (Wildman–Crippen MR) is 71.2 cm³/mol. The number of anilines is 1. The van der Waals surface area contributed by atoms with Gasteiger partial charge in [-0.05, 0) is 18.6 Å². The topological polar surface area (TPSA) is 39.7 Å². The number of ether oxygens (including phenoxy) is 3. The second-order valence-corrected chi connectivity index (χ2v) is 4.48. The second kappa shape index (κ2) is 7.24. The van der Waals surface area contributed by atoms with Crippen LogP contribution in [0.2, 0.25) is 0 Å². The molecule has 1 N–H and O–H groups in total. The molecule has 1 aromatic carbocycles. The van der Waals surface area contributed by atoms with E-state index in [1.165, 1.54) is 0 Å². The summed E-state index contributed by atoms with van der Waals surface area (Å²) in [6.45, 7) is 3.92. The molecule has 1 fully saturated rings. The quantitative estimate of drug-likeness (QED) is 0.754. The Hall–Kier alpha value is -1.26. The second-order valence-electron chi connectivity index (χ2n) is 4.48. The van der Waals surface area contributed by atoms with Crippen molar-refractivity contribution < 1.29 is 14.2 Å². The van der Waals surface area contributed by atoms with Crippen molar-refractivity contribution in [1.82, 2.24) is 0 Å². The normalized spacial score (nSPS) is 18.8. The summed E-state index contributed by atoms with van der Waals surface area (Å²) >= 11 is 0. The van der Waals surface area contributed by atoms with Gasteiger partial charge in [0.25, 0.3) is 0 Å². The highest BCUT2D eigenvalue weighted by atomic mass is 16.5. The molecule has 0 amide bonds. The summed E-state index contributed by atoms with van der Waals surface area (Å²) < 4.78 is 15.9. The number of hydrogen-bond acceptors (Lipinski definition) is 4. The first-order valence-electron chi connectivity index (χ1n) is 6.42. The van der Waals surface area contributed by atoms with Crippen LogP contribution in [0, 0.1) is 5.92 Å². The van der Waals surface area contributed by atoms with E-state index in [0.29, 0.717) is 19.1 Å². The molecule has 4 nitrogen and oxygen atoms in total. The maximum absolute atomic E-state index is 5.57. The van der Waals surface area contributed by atoms with E-state index in [1.54, 1.807) is 7.11 Å². The fourth-order valence-electron chi connectivity index (χ4n) is 1.95. The average molecular weight is 251 g/mol. The third-order valence-electron chi connectivity index (χ3n) is 3.01. The van der Waals surface area contributed by atoms with E-state index in [9.17, 15) is 0 Å². The minimum absolute atomic E-state index is 0.580. The van der Waals surface area contributed by atoms with Crippen LogP contribution < -0.4 is 10.1 Å². The highest BCUT2D eigenvalue weighted by Gasteiger charge is 2.14. The molecule has 100 valence electrons. The predicted octanol–water partition coefficient (Wildman–Crippen LogP) is 2.16. The zero-order chi connectivity index (χ0) is 12.6. The van der Waals surface area contributed by atoms with Gasteiger partial charge in [0.2, 0.25) is 0 Å². The van der Waals surface area contributed by atoms with Gasteiger partial charge in [0.05, 0.1) is 13.2 Å². The van der Waals surface area contributed by atoms with Crippen molar-refractivity contribution >= 4 is 5.69 Å². The monoisotopic (exact) mass is 251 g/mol. The Kier molecular flexibility index (Phi) is 5.30. The van der Waals surface area contributed by atoms with Crippen LogP contribution >= 0.6 is 0 Å². The van der Waals surface area contributed by atoms with Crippen LogP contribution in [0.4, 0.5) is 5.69 Å². The highest BCUT2D eigenvalue weighted by molar-refractivity contribution is 5.48. The van der Waals surface area contributed by atoms with E-state index in [-0.39, 0.29) is 0 Å². The van der Waals surface area contributed by atoms with Crippen LogP contribution in [0.1, 0.15) is 6.42 Å². The molecular weight excluding hydrogens is 230 g/mol. The summed E-state index contributed by atoms with van der Waals surface area (Å²) in [6, 6.07) is 8.03. The number of methoxy groups -OCH3 is 1. The molecule has 0 aromatic heterocycles. The van der Waals surface area contributed by atoms with E-state index in [2.05, 4.69) is 11.4 Å². The standard InChI is InChI=1S/C14H21NO3/c1-16-7-8-18-14-4-2-3-13(9-14)15-10-12-5-6-17-11-12/h2-4,9,12,15H,5-8,10-11H2,1H3. The van der Waals surface area contributed by atoms with Gasteiger partial charge in [-0.15, -0.1) is 0 Å². The number of rotatable bonds is 7. The Labute approximate surface area is 108 Å². The number of hydrogen-bond donors (Lipinski definition) is 1. The van der Waals surface area contributed by atoms with Crippen LogP contribution in [0.25, 0.3) is 0 Å². The van der Waals surface area contributed by atoms with Crippen molar-refractivity contribution in [2.45, 2.75) is 6.42 Å². The Morgan fingerprint density at radius 2 is 2.33 bits per heavy atom. The van der Waals surface area contributed by atoms with Gasteiger partial charge in [-0.25, -0.2) is 0 Å². The van der Waals surface area contributed by atoms with Gasteiger partial charge in [0, 0.05) is 37.9 Å². The molecule has 4 heteroatoms. The van der Waals surface area contributed by atoms with Gasteiger partial charge in [0.15, 0.2) is 0 Å². The summed E-state index contributed by atoms with van der Waals surface area (Å²) in [7, 11) is 1.67. The minimum atomic E-state index is 0.580. The Balaban J connectivity index is 1.78. The lowest BCUT2D eigenvalue weighted by Gasteiger charge is -2.12. The van der Waals surface area contributed by atoms with E-state index in [0.717, 1.165) is 37.6 Å². The summed E-state index contributed by atoms with van der Waals surface area (Å²) in [4.78, 5) is 0. The minimum Gasteiger partial charge on any atom is -0.491 e. The molecule has 2 rings (SSSR count). The smallest absolute Gasteiger partial charge is 0.121 e. The fraction of sp³-hybridized carbons (Fsp3) is 0.571. The van der Waals surface area contributed by atoms with Gasteiger partial charge in [-0.1, -0.05) is 6.07 Å². The lowest BCUT2D eigenvalue weighted by Crippen LogP contribution is -2.14. The van der Waals surface area contributed by atoms with Crippen molar-refractivity contribution in [3.8, 4) is 5.75 Å². The van der Waals surface area contributed by atoms with Gasteiger partial charge in [-0.2, -0.15) is 0 Å². The summed E-state index contributed by atoms with van der Waals surface area (Å²) in [5.74, 6) is 1.50. The molecule has 1 saturated heterocycles. The number of nitrogens with one attached hydrogen (secondary N) is 1. The van der Waals surface area contributed by atoms with E-state index in [4.69, 9.17) is 14.2 Å². The van der Waals surface area contributed by atoms with Crippen LogP contribution in [0.15, 0.2) is 24.3 Å². The van der Waals surface area contributed by atoms with Crippen molar-refractivity contribution in [3.05, 3.63) is 24.3 Å². The number of benzene rings is 1. The lowest BCUT2D eigenvalue weighted by atomic mass is 10.1. The van der Waals surface area contributed by atoms with E-state index in [1.807, 2.05) is 18.2 Å². The Bertz CT molecular complexity index is 351. The van der Waals surface area contributed by atoms with Crippen molar-refractivity contribution in [2.75, 3.05) is 45.4 Å². The lowest BCUT2D eigenvalue weighted by molar-refractivity contribution is 0.146. The maximum atomic E-state index is 5.57. The average Bonchev–Trinajstić information content (AvgIpc) is 2.90.